The van der Waals surface area contributed by atoms with Gasteiger partial charge in [0.05, 0.1) is 12.5 Å². The number of anilines is 1. The predicted octanol–water partition coefficient (Wildman–Crippen LogP) is 4.53. The molecular formula is C23H21ClN4O4. The SMILES string of the molecule is COc1ccc(-c2nn([C@@H](C)C(=O)Nc3cc(Cl)ccc3C)c(=O)c3noc(C)c23)cc1. The summed E-state index contributed by atoms with van der Waals surface area (Å²) in [6.45, 7) is 5.17. The van der Waals surface area contributed by atoms with Gasteiger partial charge in [-0.05, 0) is 62.7 Å². The second kappa shape index (κ2) is 8.47. The molecule has 2 aromatic heterocycles. The number of hydrogen-bond acceptors (Lipinski definition) is 6. The van der Waals surface area contributed by atoms with Crippen molar-refractivity contribution in [3.63, 3.8) is 0 Å². The number of ether oxygens (including phenoxy) is 1. The predicted molar refractivity (Wildman–Crippen MR) is 122 cm³/mol. The summed E-state index contributed by atoms with van der Waals surface area (Å²) in [7, 11) is 1.58. The molecule has 0 aliphatic rings. The molecule has 0 aliphatic carbocycles. The molecule has 4 aromatic rings. The van der Waals surface area contributed by atoms with E-state index in [2.05, 4.69) is 15.6 Å². The van der Waals surface area contributed by atoms with E-state index in [-0.39, 0.29) is 5.52 Å². The first-order chi connectivity index (χ1) is 15.3. The second-order valence-corrected chi connectivity index (χ2v) is 7.85. The Morgan fingerprint density at radius 1 is 1.19 bits per heavy atom. The van der Waals surface area contributed by atoms with Gasteiger partial charge in [0.25, 0.3) is 5.56 Å². The Balaban J connectivity index is 1.80. The van der Waals surface area contributed by atoms with Crippen molar-refractivity contribution in [2.45, 2.75) is 26.8 Å². The maximum absolute atomic E-state index is 13.1. The Labute approximate surface area is 188 Å². The van der Waals surface area contributed by atoms with E-state index in [0.29, 0.717) is 33.3 Å². The molecule has 164 valence electrons. The number of carbonyl (C=O) groups is 1. The molecule has 1 amide bonds. The fourth-order valence-corrected chi connectivity index (χ4v) is 3.57. The molecule has 32 heavy (non-hydrogen) atoms. The number of aryl methyl sites for hydroxylation is 2. The van der Waals surface area contributed by atoms with Crippen LogP contribution in [-0.4, -0.2) is 28.0 Å². The van der Waals surface area contributed by atoms with Gasteiger partial charge in [0, 0.05) is 16.3 Å². The summed E-state index contributed by atoms with van der Waals surface area (Å²) in [5.74, 6) is 0.740. The molecule has 2 heterocycles. The number of benzene rings is 2. The Kier molecular flexibility index (Phi) is 5.71. The zero-order valence-corrected chi connectivity index (χ0v) is 18.7. The molecule has 0 bridgehead atoms. The van der Waals surface area contributed by atoms with Crippen LogP contribution in [0.25, 0.3) is 22.2 Å². The minimum atomic E-state index is -0.917. The third-order valence-corrected chi connectivity index (χ3v) is 5.52. The van der Waals surface area contributed by atoms with Gasteiger partial charge in [-0.25, -0.2) is 4.68 Å². The normalized spacial score (nSPS) is 12.0. The van der Waals surface area contributed by atoms with Crippen molar-refractivity contribution < 1.29 is 14.1 Å². The molecule has 8 nitrogen and oxygen atoms in total. The Bertz CT molecular complexity index is 1380. The van der Waals surface area contributed by atoms with Crippen molar-refractivity contribution in [3.05, 3.63) is 69.2 Å². The minimum Gasteiger partial charge on any atom is -0.497 e. The van der Waals surface area contributed by atoms with E-state index in [1.807, 2.05) is 19.1 Å². The van der Waals surface area contributed by atoms with Crippen LogP contribution in [-0.2, 0) is 4.79 Å². The molecule has 9 heteroatoms. The van der Waals surface area contributed by atoms with Gasteiger partial charge in [-0.1, -0.05) is 22.8 Å². The fraction of sp³-hybridized carbons (Fsp3) is 0.217. The van der Waals surface area contributed by atoms with Crippen molar-refractivity contribution in [1.82, 2.24) is 14.9 Å². The highest BCUT2D eigenvalue weighted by Gasteiger charge is 2.24. The van der Waals surface area contributed by atoms with Gasteiger partial charge < -0.3 is 14.6 Å². The van der Waals surface area contributed by atoms with E-state index in [4.69, 9.17) is 20.9 Å². The number of hydrogen-bond donors (Lipinski definition) is 1. The maximum atomic E-state index is 13.1. The van der Waals surface area contributed by atoms with E-state index in [1.54, 1.807) is 51.3 Å². The largest absolute Gasteiger partial charge is 0.497 e. The molecule has 0 fully saturated rings. The Morgan fingerprint density at radius 2 is 1.91 bits per heavy atom. The zero-order valence-electron chi connectivity index (χ0n) is 18.0. The molecule has 2 aromatic carbocycles. The Hall–Kier alpha value is -3.65. The highest BCUT2D eigenvalue weighted by molar-refractivity contribution is 6.31. The minimum absolute atomic E-state index is 0.113. The van der Waals surface area contributed by atoms with Gasteiger partial charge in [0.2, 0.25) is 5.91 Å². The van der Waals surface area contributed by atoms with Crippen molar-refractivity contribution in [1.29, 1.82) is 0 Å². The van der Waals surface area contributed by atoms with Crippen molar-refractivity contribution >= 4 is 34.1 Å². The van der Waals surface area contributed by atoms with E-state index in [1.165, 1.54) is 0 Å². The topological polar surface area (TPSA) is 99.2 Å². The molecule has 1 N–H and O–H groups in total. The number of carbonyl (C=O) groups excluding carboxylic acids is 1. The van der Waals surface area contributed by atoms with Gasteiger partial charge in [0.1, 0.15) is 23.2 Å². The molecule has 0 radical (unpaired) electrons. The van der Waals surface area contributed by atoms with E-state index in [9.17, 15) is 9.59 Å². The van der Waals surface area contributed by atoms with E-state index >= 15 is 0 Å². The average molecular weight is 453 g/mol. The van der Waals surface area contributed by atoms with Crippen molar-refractivity contribution in [3.8, 4) is 17.0 Å². The molecule has 0 saturated heterocycles. The van der Waals surface area contributed by atoms with Gasteiger partial charge in [-0.3, -0.25) is 9.59 Å². The lowest BCUT2D eigenvalue weighted by atomic mass is 10.1. The van der Waals surface area contributed by atoms with Gasteiger partial charge in [-0.2, -0.15) is 5.10 Å². The summed E-state index contributed by atoms with van der Waals surface area (Å²) < 4.78 is 11.6. The number of aromatic nitrogens is 3. The summed E-state index contributed by atoms with van der Waals surface area (Å²) >= 11 is 6.05. The highest BCUT2D eigenvalue weighted by atomic mass is 35.5. The van der Waals surface area contributed by atoms with Crippen molar-refractivity contribution in [2.24, 2.45) is 0 Å². The molecular weight excluding hydrogens is 432 g/mol. The van der Waals surface area contributed by atoms with Crippen LogP contribution in [0.5, 0.6) is 5.75 Å². The third kappa shape index (κ3) is 3.85. The van der Waals surface area contributed by atoms with Crippen LogP contribution in [0, 0.1) is 13.8 Å². The lowest BCUT2D eigenvalue weighted by molar-refractivity contribution is -0.119. The number of halogens is 1. The Morgan fingerprint density at radius 3 is 2.59 bits per heavy atom. The third-order valence-electron chi connectivity index (χ3n) is 5.29. The van der Waals surface area contributed by atoms with E-state index < -0.39 is 17.5 Å². The van der Waals surface area contributed by atoms with Gasteiger partial charge >= 0.3 is 0 Å². The monoisotopic (exact) mass is 452 g/mol. The number of nitrogens with zero attached hydrogens (tertiary/aromatic N) is 3. The van der Waals surface area contributed by atoms with Crippen LogP contribution in [0.2, 0.25) is 5.02 Å². The standard InChI is InChI=1S/C23H21ClN4O4/c1-12-5-8-16(24)11-18(12)25-22(29)13(2)28-23(30)21-19(14(3)32-27-21)20(26-28)15-6-9-17(31-4)10-7-15/h5-11,13H,1-4H3,(H,25,29)/t13-/m0/s1. The zero-order chi connectivity index (χ0) is 23.0. The lowest BCUT2D eigenvalue weighted by Crippen LogP contribution is -2.34. The van der Waals surface area contributed by atoms with Crippen LogP contribution in [0.1, 0.15) is 24.3 Å². The summed E-state index contributed by atoms with van der Waals surface area (Å²) in [6.07, 6.45) is 0. The number of amides is 1. The summed E-state index contributed by atoms with van der Waals surface area (Å²) in [5.41, 5.74) is 2.23. The first-order valence-corrected chi connectivity index (χ1v) is 10.3. The van der Waals surface area contributed by atoms with Crippen LogP contribution in [0.3, 0.4) is 0 Å². The molecule has 1 atom stereocenters. The maximum Gasteiger partial charge on any atom is 0.297 e. The summed E-state index contributed by atoms with van der Waals surface area (Å²) in [6, 6.07) is 11.5. The highest BCUT2D eigenvalue weighted by Crippen LogP contribution is 2.29. The number of rotatable bonds is 5. The lowest BCUT2D eigenvalue weighted by Gasteiger charge is -2.17. The van der Waals surface area contributed by atoms with Crippen LogP contribution in [0.4, 0.5) is 5.69 Å². The van der Waals surface area contributed by atoms with Crippen LogP contribution in [0.15, 0.2) is 51.8 Å². The molecule has 4 rings (SSSR count). The number of fused-ring (bicyclic) bond motifs is 1. The van der Waals surface area contributed by atoms with Crippen LogP contribution >= 0.6 is 11.6 Å². The van der Waals surface area contributed by atoms with Gasteiger partial charge in [0.15, 0.2) is 5.52 Å². The number of methoxy groups -OCH3 is 1. The molecule has 0 aliphatic heterocycles. The van der Waals surface area contributed by atoms with Crippen molar-refractivity contribution in [2.75, 3.05) is 12.4 Å². The molecule has 0 unspecified atom stereocenters. The van der Waals surface area contributed by atoms with Gasteiger partial charge in [-0.15, -0.1) is 0 Å². The fourth-order valence-electron chi connectivity index (χ4n) is 3.40. The number of nitrogens with one attached hydrogen (secondary N) is 1. The first kappa shape index (κ1) is 21.6. The summed E-state index contributed by atoms with van der Waals surface area (Å²) in [5, 5.41) is 12.3. The quantitative estimate of drug-likeness (QED) is 0.477. The first-order valence-electron chi connectivity index (χ1n) is 9.90. The van der Waals surface area contributed by atoms with E-state index in [0.717, 1.165) is 15.8 Å². The average Bonchev–Trinajstić information content (AvgIpc) is 3.18. The smallest absolute Gasteiger partial charge is 0.297 e. The molecule has 0 saturated carbocycles. The summed E-state index contributed by atoms with van der Waals surface area (Å²) in [4.78, 5) is 26.1. The van der Waals surface area contributed by atoms with Crippen LogP contribution < -0.4 is 15.6 Å². The molecule has 0 spiro atoms. The second-order valence-electron chi connectivity index (χ2n) is 7.41.